The highest BCUT2D eigenvalue weighted by atomic mass is 16.5. The van der Waals surface area contributed by atoms with Gasteiger partial charge in [-0.2, -0.15) is 0 Å². The van der Waals surface area contributed by atoms with Crippen LogP contribution in [0.3, 0.4) is 0 Å². The number of hydrogen-bond donors (Lipinski definition) is 2. The van der Waals surface area contributed by atoms with Gasteiger partial charge in [0.1, 0.15) is 6.61 Å². The summed E-state index contributed by atoms with van der Waals surface area (Å²) in [6.45, 7) is 3.90. The van der Waals surface area contributed by atoms with Crippen molar-refractivity contribution >= 4 is 11.9 Å². The molecule has 0 aliphatic heterocycles. The molecule has 1 heterocycles. The van der Waals surface area contributed by atoms with Crippen molar-refractivity contribution in [2.75, 3.05) is 25.1 Å². The zero-order valence-electron chi connectivity index (χ0n) is 8.77. The van der Waals surface area contributed by atoms with Gasteiger partial charge in [-0.15, -0.1) is 0 Å². The van der Waals surface area contributed by atoms with Crippen LogP contribution >= 0.6 is 0 Å². The fourth-order valence-corrected chi connectivity index (χ4v) is 1.14. The third-order valence-corrected chi connectivity index (χ3v) is 1.83. The van der Waals surface area contributed by atoms with E-state index < -0.39 is 5.91 Å². The molecule has 0 atom stereocenters. The van der Waals surface area contributed by atoms with Crippen LogP contribution in [0.25, 0.3) is 0 Å². The highest BCUT2D eigenvalue weighted by Crippen LogP contribution is 2.02. The summed E-state index contributed by atoms with van der Waals surface area (Å²) in [6, 6.07) is 0. The lowest BCUT2D eigenvalue weighted by atomic mass is 10.6. The van der Waals surface area contributed by atoms with Gasteiger partial charge >= 0.3 is 0 Å². The molecule has 0 bridgehead atoms. The van der Waals surface area contributed by atoms with Crippen molar-refractivity contribution < 1.29 is 9.53 Å². The van der Waals surface area contributed by atoms with Gasteiger partial charge in [-0.25, -0.2) is 4.98 Å². The molecule has 15 heavy (non-hydrogen) atoms. The van der Waals surface area contributed by atoms with Crippen LogP contribution in [0.2, 0.25) is 0 Å². The van der Waals surface area contributed by atoms with Crippen molar-refractivity contribution in [1.29, 1.82) is 0 Å². The van der Waals surface area contributed by atoms with Crippen LogP contribution in [0.5, 0.6) is 0 Å². The lowest BCUT2D eigenvalue weighted by molar-refractivity contribution is -0.122. The van der Waals surface area contributed by atoms with E-state index in [1.165, 1.54) is 0 Å². The molecular formula is C9H16N4O2. The molecule has 1 amide bonds. The average Bonchev–Trinajstić information content (AvgIpc) is 2.64. The van der Waals surface area contributed by atoms with E-state index in [1.807, 2.05) is 17.7 Å². The lowest BCUT2D eigenvalue weighted by Crippen LogP contribution is -2.21. The zero-order chi connectivity index (χ0) is 11.1. The first-order valence-corrected chi connectivity index (χ1v) is 4.85. The Bertz CT molecular complexity index is 311. The maximum Gasteiger partial charge on any atom is 0.243 e. The molecule has 6 heteroatoms. The first-order chi connectivity index (χ1) is 7.24. The fourth-order valence-electron chi connectivity index (χ4n) is 1.14. The van der Waals surface area contributed by atoms with E-state index in [2.05, 4.69) is 10.3 Å². The van der Waals surface area contributed by atoms with Crippen LogP contribution in [-0.4, -0.2) is 35.2 Å². The van der Waals surface area contributed by atoms with Crippen LogP contribution in [0, 0.1) is 0 Å². The van der Waals surface area contributed by atoms with Crippen LogP contribution in [0.4, 0.5) is 5.95 Å². The number of carbonyl (C=O) groups excluding carboxylic acids is 1. The summed E-state index contributed by atoms with van der Waals surface area (Å²) in [5, 5.41) is 3.09. The first kappa shape index (κ1) is 11.5. The van der Waals surface area contributed by atoms with Gasteiger partial charge in [0.15, 0.2) is 0 Å². The second-order valence-electron chi connectivity index (χ2n) is 2.98. The first-order valence-electron chi connectivity index (χ1n) is 4.85. The number of hydrogen-bond acceptors (Lipinski definition) is 4. The van der Waals surface area contributed by atoms with Crippen molar-refractivity contribution in [3.05, 3.63) is 12.4 Å². The summed E-state index contributed by atoms with van der Waals surface area (Å²) in [6.07, 6.45) is 3.63. The quantitative estimate of drug-likeness (QED) is 0.614. The Kier molecular flexibility index (Phi) is 4.62. The van der Waals surface area contributed by atoms with E-state index in [1.54, 1.807) is 6.20 Å². The normalized spacial score (nSPS) is 10.2. The number of nitrogens with two attached hydrogens (primary N) is 1. The van der Waals surface area contributed by atoms with E-state index in [-0.39, 0.29) is 6.61 Å². The van der Waals surface area contributed by atoms with Gasteiger partial charge in [0.25, 0.3) is 0 Å². The standard InChI is InChI=1S/C9H16N4O2/c1-2-13-5-3-11-9(13)12-4-6-15-7-8(10)14/h3,5H,2,4,6-7H2,1H3,(H2,10,14)(H,11,12). The van der Waals surface area contributed by atoms with Crippen LogP contribution < -0.4 is 11.1 Å². The Labute approximate surface area is 88.4 Å². The van der Waals surface area contributed by atoms with E-state index in [4.69, 9.17) is 10.5 Å². The number of nitrogens with one attached hydrogen (secondary N) is 1. The van der Waals surface area contributed by atoms with E-state index in [0.717, 1.165) is 12.5 Å². The Morgan fingerprint density at radius 3 is 3.20 bits per heavy atom. The number of primary amides is 1. The van der Waals surface area contributed by atoms with Crippen molar-refractivity contribution in [1.82, 2.24) is 9.55 Å². The molecule has 1 aromatic heterocycles. The predicted octanol–water partition coefficient (Wildman–Crippen LogP) is -0.183. The zero-order valence-corrected chi connectivity index (χ0v) is 8.77. The van der Waals surface area contributed by atoms with Crippen molar-refractivity contribution in [3.63, 3.8) is 0 Å². The van der Waals surface area contributed by atoms with Gasteiger partial charge in [0.05, 0.1) is 6.61 Å². The molecule has 1 rings (SSSR count). The smallest absolute Gasteiger partial charge is 0.243 e. The van der Waals surface area contributed by atoms with E-state index in [9.17, 15) is 4.79 Å². The number of carbonyl (C=O) groups is 1. The molecule has 0 fully saturated rings. The number of imidazole rings is 1. The summed E-state index contributed by atoms with van der Waals surface area (Å²) >= 11 is 0. The van der Waals surface area contributed by atoms with Gasteiger partial charge in [-0.1, -0.05) is 0 Å². The SMILES string of the molecule is CCn1ccnc1NCCOCC(N)=O. The highest BCUT2D eigenvalue weighted by molar-refractivity contribution is 5.74. The van der Waals surface area contributed by atoms with E-state index in [0.29, 0.717) is 13.2 Å². The average molecular weight is 212 g/mol. The minimum Gasteiger partial charge on any atom is -0.370 e. The van der Waals surface area contributed by atoms with Crippen molar-refractivity contribution in [2.45, 2.75) is 13.5 Å². The summed E-state index contributed by atoms with van der Waals surface area (Å²) in [5.41, 5.74) is 4.91. The minimum atomic E-state index is -0.454. The molecule has 84 valence electrons. The van der Waals surface area contributed by atoms with E-state index >= 15 is 0 Å². The second kappa shape index (κ2) is 6.02. The third-order valence-electron chi connectivity index (χ3n) is 1.83. The topological polar surface area (TPSA) is 82.2 Å². The van der Waals surface area contributed by atoms with Gasteiger partial charge in [0, 0.05) is 25.5 Å². The summed E-state index contributed by atoms with van der Waals surface area (Å²) in [5.74, 6) is 0.352. The Balaban J connectivity index is 2.17. The van der Waals surface area contributed by atoms with Crippen LogP contribution in [0.15, 0.2) is 12.4 Å². The molecule has 3 N–H and O–H groups in total. The maximum absolute atomic E-state index is 10.4. The van der Waals surface area contributed by atoms with Crippen molar-refractivity contribution in [2.24, 2.45) is 5.73 Å². The van der Waals surface area contributed by atoms with Crippen molar-refractivity contribution in [3.8, 4) is 0 Å². The number of aryl methyl sites for hydroxylation is 1. The van der Waals surface area contributed by atoms with Crippen LogP contribution in [-0.2, 0) is 16.1 Å². The Morgan fingerprint density at radius 1 is 1.73 bits per heavy atom. The molecule has 0 unspecified atom stereocenters. The van der Waals surface area contributed by atoms with Gasteiger partial charge in [-0.3, -0.25) is 4.79 Å². The molecule has 0 saturated carbocycles. The third kappa shape index (κ3) is 3.99. The van der Waals surface area contributed by atoms with Crippen LogP contribution in [0.1, 0.15) is 6.92 Å². The van der Waals surface area contributed by atoms with Gasteiger partial charge in [-0.05, 0) is 6.92 Å². The molecular weight excluding hydrogens is 196 g/mol. The van der Waals surface area contributed by atoms with Gasteiger partial charge in [0.2, 0.25) is 11.9 Å². The summed E-state index contributed by atoms with van der Waals surface area (Å²) in [4.78, 5) is 14.5. The molecule has 0 radical (unpaired) electrons. The molecule has 0 aliphatic carbocycles. The molecule has 0 aromatic carbocycles. The summed E-state index contributed by atoms with van der Waals surface area (Å²) < 4.78 is 6.97. The monoisotopic (exact) mass is 212 g/mol. The fraction of sp³-hybridized carbons (Fsp3) is 0.556. The number of amides is 1. The second-order valence-corrected chi connectivity index (χ2v) is 2.98. The molecule has 0 saturated heterocycles. The molecule has 6 nitrogen and oxygen atoms in total. The number of ether oxygens (including phenoxy) is 1. The molecule has 1 aromatic rings. The molecule has 0 spiro atoms. The Morgan fingerprint density at radius 2 is 2.53 bits per heavy atom. The number of anilines is 1. The Hall–Kier alpha value is -1.56. The van der Waals surface area contributed by atoms with Gasteiger partial charge < -0.3 is 20.4 Å². The lowest BCUT2D eigenvalue weighted by Gasteiger charge is -2.07. The molecule has 0 aliphatic rings. The number of nitrogens with zero attached hydrogens (tertiary/aromatic N) is 2. The number of aromatic nitrogens is 2. The predicted molar refractivity (Wildman–Crippen MR) is 56.4 cm³/mol. The largest absolute Gasteiger partial charge is 0.370 e. The highest BCUT2D eigenvalue weighted by Gasteiger charge is 1.99. The maximum atomic E-state index is 10.4. The minimum absolute atomic E-state index is 0.0378. The number of rotatable bonds is 7. The summed E-state index contributed by atoms with van der Waals surface area (Å²) in [7, 11) is 0.